The summed E-state index contributed by atoms with van der Waals surface area (Å²) in [5.74, 6) is 4.76. The summed E-state index contributed by atoms with van der Waals surface area (Å²) in [5.41, 5.74) is 8.07. The first-order chi connectivity index (χ1) is 29.0. The van der Waals surface area contributed by atoms with Crippen LogP contribution in [0.5, 0.6) is 0 Å². The third-order valence-corrected chi connectivity index (χ3v) is 27.9. The van der Waals surface area contributed by atoms with Gasteiger partial charge in [0.05, 0.1) is 5.56 Å². The number of rotatable bonds is 20. The number of hydrogen-bond donors (Lipinski definition) is 1. The van der Waals surface area contributed by atoms with Crippen molar-refractivity contribution in [3.05, 3.63) is 81.9 Å². The molecule has 0 aliphatic heterocycles. The van der Waals surface area contributed by atoms with Crippen molar-refractivity contribution in [1.29, 1.82) is 0 Å². The van der Waals surface area contributed by atoms with E-state index in [2.05, 4.69) is 130 Å². The van der Waals surface area contributed by atoms with Crippen LogP contribution >= 0.6 is 0 Å². The van der Waals surface area contributed by atoms with Crippen LogP contribution in [0.15, 0.2) is 54.1 Å². The van der Waals surface area contributed by atoms with E-state index >= 15 is 0 Å². The lowest BCUT2D eigenvalue weighted by atomic mass is 9.46. The summed E-state index contributed by atoms with van der Waals surface area (Å²) in [4.78, 5) is 12.8. The Morgan fingerprint density at radius 3 is 2.05 bits per heavy atom. The van der Waals surface area contributed by atoms with E-state index in [9.17, 15) is 9.90 Å². The molecule has 0 bridgehead atoms. The average Bonchev–Trinajstić information content (AvgIpc) is 3.57. The molecule has 0 heterocycles. The summed E-state index contributed by atoms with van der Waals surface area (Å²) in [6.07, 6.45) is 20.9. The van der Waals surface area contributed by atoms with Crippen LogP contribution in [0.1, 0.15) is 169 Å². The van der Waals surface area contributed by atoms with Crippen molar-refractivity contribution >= 4 is 30.2 Å². The zero-order chi connectivity index (χ0) is 45.3. The fraction of sp³-hybridized carbons (Fsp3) is 0.737. The lowest BCUT2D eigenvalue weighted by molar-refractivity contribution is -0.0510. The molecular weight excluding hydrogens is 801 g/mol. The van der Waals surface area contributed by atoms with E-state index in [1.165, 1.54) is 124 Å². The molecule has 2 nitrogen and oxygen atoms in total. The third kappa shape index (κ3) is 11.8. The van der Waals surface area contributed by atoms with Crippen molar-refractivity contribution in [2.24, 2.45) is 46.3 Å². The van der Waals surface area contributed by atoms with Crippen LogP contribution in [0.4, 0.5) is 0 Å². The fourth-order valence-corrected chi connectivity index (χ4v) is 26.9. The maximum atomic E-state index is 12.8. The van der Waals surface area contributed by atoms with Gasteiger partial charge in [-0.25, -0.2) is 4.79 Å². The number of fused-ring (bicyclic) bond motifs is 5. The topological polar surface area (TPSA) is 37.3 Å². The van der Waals surface area contributed by atoms with Crippen molar-refractivity contribution in [1.82, 2.24) is 0 Å². The van der Waals surface area contributed by atoms with Crippen LogP contribution < -0.4 is 0 Å². The molecule has 4 aliphatic rings. The predicted molar refractivity (Wildman–Crippen MR) is 278 cm³/mol. The van der Waals surface area contributed by atoms with E-state index < -0.39 is 30.2 Å². The summed E-state index contributed by atoms with van der Waals surface area (Å²) < 4.78 is 0. The Kier molecular flexibility index (Phi) is 16.1. The van der Waals surface area contributed by atoms with Gasteiger partial charge in [-0.1, -0.05) is 191 Å². The largest absolute Gasteiger partial charge is 0.478 e. The molecule has 9 atom stereocenters. The summed E-state index contributed by atoms with van der Waals surface area (Å²) in [5, 5.41) is 10.5. The highest BCUT2D eigenvalue weighted by atomic mass is 28.3. The van der Waals surface area contributed by atoms with E-state index in [-0.39, 0.29) is 17.3 Å². The zero-order valence-electron chi connectivity index (χ0n) is 42.5. The third-order valence-electron chi connectivity index (χ3n) is 18.6. The maximum absolute atomic E-state index is 12.8. The number of hydrogen-bond acceptors (Lipinski definition) is 1. The predicted octanol–water partition coefficient (Wildman–Crippen LogP) is 17.7. The monoisotopic (exact) mass is 895 g/mol. The second kappa shape index (κ2) is 20.0. The lowest BCUT2D eigenvalue weighted by Gasteiger charge is -2.58. The molecule has 6 rings (SSSR count). The summed E-state index contributed by atoms with van der Waals surface area (Å²) >= 11 is 0. The molecule has 2 aromatic rings. The fourth-order valence-electron chi connectivity index (χ4n) is 14.1. The van der Waals surface area contributed by atoms with Gasteiger partial charge in [0.1, 0.15) is 0 Å². The number of benzene rings is 2. The number of aryl methyl sites for hydroxylation is 1. The van der Waals surface area contributed by atoms with Crippen LogP contribution in [0, 0.1) is 46.3 Å². The summed E-state index contributed by atoms with van der Waals surface area (Å²) in [6.45, 7) is 33.2. The summed E-state index contributed by atoms with van der Waals surface area (Å²) in [7, 11) is -3.16. The van der Waals surface area contributed by atoms with Gasteiger partial charge in [0.25, 0.3) is 0 Å². The van der Waals surface area contributed by atoms with Gasteiger partial charge in [-0.15, -0.1) is 0 Å². The highest BCUT2D eigenvalue weighted by Crippen LogP contribution is 2.68. The van der Waals surface area contributed by atoms with Crippen LogP contribution in [0.25, 0.3) is 0 Å². The quantitative estimate of drug-likeness (QED) is 0.0817. The molecule has 1 unspecified atom stereocenters. The molecule has 0 spiro atoms. The molecule has 1 N–H and O–H groups in total. The minimum absolute atomic E-state index is 0.226. The second-order valence-corrected chi connectivity index (χ2v) is 42.2. The number of unbranched alkanes of at least 4 members (excludes halogenated alkanes) is 1. The molecule has 4 aliphatic carbocycles. The van der Waals surface area contributed by atoms with E-state index in [4.69, 9.17) is 0 Å². The first kappa shape index (κ1) is 49.7. The van der Waals surface area contributed by atoms with Crippen molar-refractivity contribution < 1.29 is 9.90 Å². The SMILES string of the molecule is CC(C)CCC[C@@H](C)[C@H]1CC[C@H]2[C@@H]3CC=C4C[C@@H](c5cc(C(C)c6ccc(CCCC[Si](C)(C)CC[Si](C)(C)CC[Si](C)(C)C)cc6)ccc5C(=O)O)CC[C@]4(C)[C@H]3CC[C@]12C. The molecule has 3 saturated carbocycles. The Labute approximate surface area is 385 Å². The highest BCUT2D eigenvalue weighted by Gasteiger charge is 2.59. The van der Waals surface area contributed by atoms with E-state index in [0.717, 1.165) is 53.9 Å². The molecule has 2 aromatic carbocycles. The molecule has 0 aromatic heterocycles. The average molecular weight is 896 g/mol. The molecule has 0 amide bonds. The Hall–Kier alpha value is -1.70. The van der Waals surface area contributed by atoms with Crippen molar-refractivity contribution in [3.8, 4) is 0 Å². The molecule has 5 heteroatoms. The molecule has 3 fully saturated rings. The van der Waals surface area contributed by atoms with Crippen LogP contribution in [-0.4, -0.2) is 35.3 Å². The van der Waals surface area contributed by atoms with Gasteiger partial charge in [-0.3, -0.25) is 0 Å². The van der Waals surface area contributed by atoms with Gasteiger partial charge >= 0.3 is 5.97 Å². The molecule has 0 radical (unpaired) electrons. The number of carboxylic acid groups (broad SMARTS) is 1. The van der Waals surface area contributed by atoms with Gasteiger partial charge in [-0.2, -0.15) is 0 Å². The minimum atomic E-state index is -1.15. The van der Waals surface area contributed by atoms with Gasteiger partial charge in [0.15, 0.2) is 0 Å². The Balaban J connectivity index is 1.05. The molecular formula is C57H94O2Si3. The second-order valence-electron chi connectivity index (χ2n) is 25.9. The molecule has 346 valence electrons. The van der Waals surface area contributed by atoms with E-state index in [1.807, 2.05) is 6.07 Å². The number of carboxylic acids is 1. The van der Waals surface area contributed by atoms with Crippen molar-refractivity contribution in [2.75, 3.05) is 0 Å². The normalized spacial score (nSPS) is 28.8. The first-order valence-corrected chi connectivity index (χ1v) is 36.7. The van der Waals surface area contributed by atoms with Crippen LogP contribution in [0.2, 0.25) is 76.0 Å². The Bertz CT molecular complexity index is 1830. The number of carbonyl (C=O) groups is 1. The Morgan fingerprint density at radius 1 is 0.726 bits per heavy atom. The van der Waals surface area contributed by atoms with Gasteiger partial charge in [-0.05, 0) is 145 Å². The van der Waals surface area contributed by atoms with Crippen LogP contribution in [0.3, 0.4) is 0 Å². The van der Waals surface area contributed by atoms with Crippen LogP contribution in [-0.2, 0) is 6.42 Å². The van der Waals surface area contributed by atoms with E-state index in [0.29, 0.717) is 11.0 Å². The van der Waals surface area contributed by atoms with Crippen molar-refractivity contribution in [2.45, 2.75) is 219 Å². The van der Waals surface area contributed by atoms with E-state index in [1.54, 1.807) is 5.57 Å². The maximum Gasteiger partial charge on any atom is 0.335 e. The minimum Gasteiger partial charge on any atom is -0.478 e. The number of allylic oxidation sites excluding steroid dienone is 2. The standard InChI is InChI=1S/C57H94O2Si3/c1-41(2)17-16-18-42(3)52-28-29-53-50-27-25-48-39-47(30-32-56(48,5)54(50)31-33-57(52,53)6)51-40-46(24-26-49(51)55(58)59)43(4)45-22-20-44(21-23-45)19-14-15-34-61(10,11)37-38-62(12,13)36-35-60(7,8)9/h20-26,40-43,47,50,52-54H,14-19,27-39H2,1-13H3,(H,58,59)/t42-,43?,47+,50+,52-,53+,54+,56+,57-/m1/s1. The lowest BCUT2D eigenvalue weighted by Crippen LogP contribution is -2.50. The first-order valence-electron chi connectivity index (χ1n) is 26.2. The smallest absolute Gasteiger partial charge is 0.335 e. The number of aromatic carboxylic acids is 1. The highest BCUT2D eigenvalue weighted by molar-refractivity contribution is 6.84. The molecule has 62 heavy (non-hydrogen) atoms. The molecule has 0 saturated heterocycles. The van der Waals surface area contributed by atoms with Gasteiger partial charge < -0.3 is 5.11 Å². The van der Waals surface area contributed by atoms with Gasteiger partial charge in [0.2, 0.25) is 0 Å². The van der Waals surface area contributed by atoms with Crippen molar-refractivity contribution in [3.63, 3.8) is 0 Å². The zero-order valence-corrected chi connectivity index (χ0v) is 45.5. The van der Waals surface area contributed by atoms with Gasteiger partial charge in [0, 0.05) is 30.1 Å². The summed E-state index contributed by atoms with van der Waals surface area (Å²) in [6, 6.07) is 23.3. The Morgan fingerprint density at radius 2 is 1.39 bits per heavy atom.